The monoisotopic (exact) mass is 490 g/mol. The minimum Gasteiger partial charge on any atom is -0.456 e. The second-order valence-corrected chi connectivity index (χ2v) is 13.8. The number of fused-ring (bicyclic) bond motifs is 1. The third-order valence-corrected chi connectivity index (χ3v) is 12.3. The number of β-lactam (4-membered cyclic amide) rings is 1. The van der Waals surface area contributed by atoms with Gasteiger partial charge in [0.05, 0.1) is 29.6 Å². The molecule has 1 fully saturated rings. The van der Waals surface area contributed by atoms with Gasteiger partial charge in [-0.3, -0.25) is 14.9 Å². The first kappa shape index (κ1) is 26.0. The first-order valence-electron chi connectivity index (χ1n) is 11.9. The molecule has 2 aliphatic heterocycles. The van der Waals surface area contributed by atoms with Gasteiger partial charge in [-0.2, -0.15) is 0 Å². The second-order valence-electron chi connectivity index (χ2n) is 9.11. The molecular formula is C24H34N2O7Si. The van der Waals surface area contributed by atoms with E-state index in [-0.39, 0.29) is 54.5 Å². The number of amides is 1. The average molecular weight is 491 g/mol. The van der Waals surface area contributed by atoms with Crippen molar-refractivity contribution in [3.63, 3.8) is 0 Å². The van der Waals surface area contributed by atoms with Gasteiger partial charge in [-0.05, 0) is 48.3 Å². The fourth-order valence-electron chi connectivity index (χ4n) is 5.23. The number of carbonyl (C=O) groups excluding carboxylic acids is 2. The average Bonchev–Trinajstić information content (AvgIpc) is 3.09. The molecule has 1 saturated heterocycles. The van der Waals surface area contributed by atoms with Crippen molar-refractivity contribution in [1.29, 1.82) is 0 Å². The molecule has 3 rings (SSSR count). The molecule has 1 aromatic carbocycles. The van der Waals surface area contributed by atoms with E-state index >= 15 is 0 Å². The van der Waals surface area contributed by atoms with E-state index < -0.39 is 19.2 Å². The Labute approximate surface area is 201 Å². The topological polar surface area (TPSA) is 119 Å². The fourth-order valence-corrected chi connectivity index (χ4v) is 8.16. The van der Waals surface area contributed by atoms with Gasteiger partial charge in [-0.25, -0.2) is 4.79 Å². The lowest BCUT2D eigenvalue weighted by atomic mass is 9.78. The van der Waals surface area contributed by atoms with Crippen LogP contribution in [0.3, 0.4) is 0 Å². The zero-order valence-electron chi connectivity index (χ0n) is 20.4. The highest BCUT2D eigenvalue weighted by atomic mass is 28.4. The van der Waals surface area contributed by atoms with E-state index in [1.54, 1.807) is 0 Å². The molecule has 34 heavy (non-hydrogen) atoms. The number of hydrogen-bond donors (Lipinski definition) is 1. The number of benzene rings is 1. The Hall–Kier alpha value is -2.56. The van der Waals surface area contributed by atoms with Crippen LogP contribution < -0.4 is 0 Å². The van der Waals surface area contributed by atoms with E-state index in [0.29, 0.717) is 11.1 Å². The summed E-state index contributed by atoms with van der Waals surface area (Å²) in [6, 6.07) is 8.41. The van der Waals surface area contributed by atoms with Crippen molar-refractivity contribution in [2.45, 2.75) is 71.5 Å². The second kappa shape index (κ2) is 10.4. The van der Waals surface area contributed by atoms with E-state index in [4.69, 9.17) is 9.16 Å². The lowest BCUT2D eigenvalue weighted by Crippen LogP contribution is -2.65. The van der Waals surface area contributed by atoms with Crippen LogP contribution >= 0.6 is 0 Å². The van der Waals surface area contributed by atoms with Crippen molar-refractivity contribution in [3.05, 3.63) is 51.2 Å². The number of hydrogen-bond acceptors (Lipinski definition) is 7. The van der Waals surface area contributed by atoms with Gasteiger partial charge >= 0.3 is 5.97 Å². The number of aliphatic hydroxyl groups excluding tert-OH is 1. The summed E-state index contributed by atoms with van der Waals surface area (Å²) >= 11 is 0. The molecule has 0 saturated carbocycles. The highest BCUT2D eigenvalue weighted by Gasteiger charge is 2.60. The normalized spacial score (nSPS) is 22.9. The van der Waals surface area contributed by atoms with E-state index in [1.165, 1.54) is 29.2 Å². The summed E-state index contributed by atoms with van der Waals surface area (Å²) in [5.41, 5.74) is 1.14. The van der Waals surface area contributed by atoms with Gasteiger partial charge in [-0.15, -0.1) is 0 Å². The van der Waals surface area contributed by atoms with Gasteiger partial charge in [0.25, 0.3) is 5.69 Å². The highest BCUT2D eigenvalue weighted by Crippen LogP contribution is 2.48. The first-order chi connectivity index (χ1) is 16.1. The summed E-state index contributed by atoms with van der Waals surface area (Å²) in [5, 5.41) is 20.8. The predicted molar refractivity (Wildman–Crippen MR) is 128 cm³/mol. The lowest BCUT2D eigenvalue weighted by molar-refractivity contribution is -0.384. The van der Waals surface area contributed by atoms with Crippen LogP contribution in [-0.4, -0.2) is 53.9 Å². The number of nitro groups is 1. The van der Waals surface area contributed by atoms with Crippen molar-refractivity contribution < 1.29 is 28.8 Å². The van der Waals surface area contributed by atoms with Crippen molar-refractivity contribution in [1.82, 2.24) is 4.90 Å². The minimum atomic E-state index is -1.91. The summed E-state index contributed by atoms with van der Waals surface area (Å²) < 4.78 is 12.0. The number of ether oxygens (including phenoxy) is 1. The number of carbonyl (C=O) groups is 2. The van der Waals surface area contributed by atoms with Crippen LogP contribution in [0.4, 0.5) is 5.69 Å². The van der Waals surface area contributed by atoms with E-state index in [1.807, 2.05) is 13.8 Å². The molecule has 0 aliphatic carbocycles. The van der Waals surface area contributed by atoms with Crippen LogP contribution in [0.1, 0.15) is 40.2 Å². The smallest absolute Gasteiger partial charge is 0.355 e. The molecule has 1 N–H and O–H groups in total. The van der Waals surface area contributed by atoms with Crippen LogP contribution in [0.15, 0.2) is 35.5 Å². The number of non-ortho nitro benzene ring substituents is 1. The van der Waals surface area contributed by atoms with Crippen molar-refractivity contribution in [3.8, 4) is 0 Å². The maximum Gasteiger partial charge on any atom is 0.355 e. The van der Waals surface area contributed by atoms with Crippen LogP contribution in [0.2, 0.25) is 18.1 Å². The Morgan fingerprint density at radius 1 is 1.21 bits per heavy atom. The van der Waals surface area contributed by atoms with Crippen LogP contribution in [0.5, 0.6) is 0 Å². The molecule has 0 radical (unpaired) electrons. The van der Waals surface area contributed by atoms with Crippen molar-refractivity contribution >= 4 is 25.9 Å². The molecule has 2 aliphatic rings. The summed E-state index contributed by atoms with van der Waals surface area (Å²) in [4.78, 5) is 37.9. The Morgan fingerprint density at radius 3 is 2.29 bits per heavy atom. The van der Waals surface area contributed by atoms with Gasteiger partial charge in [0.2, 0.25) is 5.91 Å². The molecule has 1 amide bonds. The molecule has 2 heterocycles. The summed E-state index contributed by atoms with van der Waals surface area (Å²) in [5.74, 6) is -1.42. The lowest BCUT2D eigenvalue weighted by Gasteiger charge is -2.49. The summed E-state index contributed by atoms with van der Waals surface area (Å²) in [6.07, 6.45) is -0.266. The Morgan fingerprint density at radius 2 is 1.79 bits per heavy atom. The van der Waals surface area contributed by atoms with Crippen molar-refractivity contribution in [2.75, 3.05) is 6.61 Å². The number of aliphatic hydroxyl groups is 1. The Balaban J connectivity index is 1.73. The Bertz CT molecular complexity index is 966. The van der Waals surface area contributed by atoms with Crippen LogP contribution in [0, 0.1) is 22.0 Å². The maximum atomic E-state index is 13.2. The predicted octanol–water partition coefficient (Wildman–Crippen LogP) is 3.77. The highest BCUT2D eigenvalue weighted by molar-refractivity contribution is 6.73. The largest absolute Gasteiger partial charge is 0.456 e. The third-order valence-electron chi connectivity index (χ3n) is 7.55. The minimum absolute atomic E-state index is 0.0531. The quantitative estimate of drug-likeness (QED) is 0.165. The summed E-state index contributed by atoms with van der Waals surface area (Å²) in [7, 11) is -1.91. The van der Waals surface area contributed by atoms with Gasteiger partial charge in [-0.1, -0.05) is 27.7 Å². The van der Waals surface area contributed by atoms with Crippen molar-refractivity contribution in [2.24, 2.45) is 11.8 Å². The SMILES string of the molecule is CC[Si](CC)(CC)O[C@H](C)[C@@H]1C(=O)N2C(C(=O)OCc3ccc([N+](=O)[O-])cc3)=C(CO)[C@H](C)[C@H]12. The molecule has 1 aromatic rings. The van der Waals surface area contributed by atoms with Gasteiger partial charge in [0.15, 0.2) is 8.32 Å². The molecule has 9 nitrogen and oxygen atoms in total. The molecular weight excluding hydrogens is 456 g/mol. The number of rotatable bonds is 11. The molecule has 4 atom stereocenters. The van der Waals surface area contributed by atoms with E-state index in [9.17, 15) is 24.8 Å². The summed E-state index contributed by atoms with van der Waals surface area (Å²) in [6.45, 7) is 9.84. The number of nitro benzene ring substituents is 1. The molecule has 0 spiro atoms. The van der Waals surface area contributed by atoms with Gasteiger partial charge in [0, 0.05) is 18.1 Å². The van der Waals surface area contributed by atoms with Gasteiger partial charge < -0.3 is 19.2 Å². The van der Waals surface area contributed by atoms with E-state index in [2.05, 4.69) is 20.8 Å². The first-order valence-corrected chi connectivity index (χ1v) is 14.4. The van der Waals surface area contributed by atoms with Crippen LogP contribution in [0.25, 0.3) is 0 Å². The Kier molecular flexibility index (Phi) is 7.94. The zero-order valence-corrected chi connectivity index (χ0v) is 21.4. The van der Waals surface area contributed by atoms with Gasteiger partial charge in [0.1, 0.15) is 12.3 Å². The molecule has 0 unspecified atom stereocenters. The number of nitrogens with zero attached hydrogens (tertiary/aromatic N) is 2. The zero-order chi connectivity index (χ0) is 25.2. The van der Waals surface area contributed by atoms with E-state index in [0.717, 1.165) is 18.1 Å². The standard InChI is InChI=1S/C24H34N2O7Si/c1-6-34(7-2,8-3)33-16(5)20-21-15(4)19(13-27)22(25(21)23(20)28)24(29)32-14-17-9-11-18(12-10-17)26(30)31/h9-12,15-16,20-21,27H,6-8,13-14H2,1-5H3/t15-,16+,20-,21+/m0/s1. The fraction of sp³-hybridized carbons (Fsp3) is 0.583. The molecule has 10 heteroatoms. The maximum absolute atomic E-state index is 13.2. The number of esters is 1. The molecule has 186 valence electrons. The molecule has 0 aromatic heterocycles. The third kappa shape index (κ3) is 4.54. The van der Waals surface area contributed by atoms with Crippen LogP contribution in [-0.2, 0) is 25.4 Å². The molecule has 0 bridgehead atoms.